The first-order valence-electron chi connectivity index (χ1n) is 5.98. The molecule has 1 heterocycles. The lowest BCUT2D eigenvalue weighted by Gasteiger charge is -2.14. The monoisotopic (exact) mass is 258 g/mol. The minimum absolute atomic E-state index is 0.0980. The smallest absolute Gasteiger partial charge is 0.247 e. The molecule has 1 aliphatic rings. The van der Waals surface area contributed by atoms with E-state index in [9.17, 15) is 4.79 Å². The number of fused-ring (bicyclic) bond motifs is 1. The van der Waals surface area contributed by atoms with E-state index in [2.05, 4.69) is 0 Å². The molecule has 0 radical (unpaired) electrons. The Bertz CT molecular complexity index is 546. The molecule has 0 spiro atoms. The summed E-state index contributed by atoms with van der Waals surface area (Å²) in [5, 5.41) is 8.61. The number of benzene rings is 1. The summed E-state index contributed by atoms with van der Waals surface area (Å²) in [4.78, 5) is 13.3. The van der Waals surface area contributed by atoms with Gasteiger partial charge in [-0.05, 0) is 30.7 Å². The topological polar surface area (TPSA) is 62.6 Å². The molecule has 98 valence electrons. The Balaban J connectivity index is 2.06. The van der Waals surface area contributed by atoms with Gasteiger partial charge in [0.05, 0.1) is 6.07 Å². The first-order chi connectivity index (χ1) is 9.24. The predicted molar refractivity (Wildman–Crippen MR) is 69.5 cm³/mol. The highest BCUT2D eigenvalue weighted by atomic mass is 16.7. The minimum Gasteiger partial charge on any atom is -0.454 e. The van der Waals surface area contributed by atoms with Crippen LogP contribution in [0.3, 0.4) is 0 Å². The van der Waals surface area contributed by atoms with E-state index in [-0.39, 0.29) is 19.2 Å². The number of hydrogen-bond acceptors (Lipinski definition) is 4. The maximum Gasteiger partial charge on any atom is 0.247 e. The number of carbonyl (C=O) groups is 1. The van der Waals surface area contributed by atoms with Crippen LogP contribution in [0.1, 0.15) is 12.5 Å². The summed E-state index contributed by atoms with van der Waals surface area (Å²) in [6, 6.07) is 7.43. The van der Waals surface area contributed by atoms with Gasteiger partial charge in [-0.3, -0.25) is 4.79 Å². The maximum absolute atomic E-state index is 11.8. The van der Waals surface area contributed by atoms with E-state index in [1.165, 1.54) is 11.0 Å². The van der Waals surface area contributed by atoms with Gasteiger partial charge in [-0.15, -0.1) is 0 Å². The van der Waals surface area contributed by atoms with Crippen LogP contribution in [0.5, 0.6) is 11.5 Å². The summed E-state index contributed by atoms with van der Waals surface area (Å²) in [7, 11) is 0. The molecule has 2 rings (SSSR count). The summed E-state index contributed by atoms with van der Waals surface area (Å²) in [6.45, 7) is 2.68. The second-order valence-electron chi connectivity index (χ2n) is 3.96. The van der Waals surface area contributed by atoms with Gasteiger partial charge in [-0.1, -0.05) is 6.07 Å². The summed E-state index contributed by atoms with van der Waals surface area (Å²) in [5.41, 5.74) is 0.852. The average molecular weight is 258 g/mol. The van der Waals surface area contributed by atoms with Crippen LogP contribution in [0.2, 0.25) is 0 Å². The first kappa shape index (κ1) is 13.0. The van der Waals surface area contributed by atoms with Gasteiger partial charge in [0, 0.05) is 12.6 Å². The molecule has 0 bridgehead atoms. The van der Waals surface area contributed by atoms with Crippen LogP contribution in [-0.4, -0.2) is 30.7 Å². The lowest BCUT2D eigenvalue weighted by molar-refractivity contribution is -0.125. The van der Waals surface area contributed by atoms with Crippen LogP contribution < -0.4 is 9.47 Å². The summed E-state index contributed by atoms with van der Waals surface area (Å²) >= 11 is 0. The van der Waals surface area contributed by atoms with E-state index in [0.717, 1.165) is 5.56 Å². The Labute approximate surface area is 111 Å². The van der Waals surface area contributed by atoms with Crippen molar-refractivity contribution >= 4 is 12.0 Å². The van der Waals surface area contributed by atoms with Crippen LogP contribution in [0, 0.1) is 11.3 Å². The molecule has 0 atom stereocenters. The van der Waals surface area contributed by atoms with E-state index in [1.807, 2.05) is 25.1 Å². The number of rotatable bonds is 4. The number of ether oxygens (including phenoxy) is 2. The molecule has 0 N–H and O–H groups in total. The molecule has 0 saturated heterocycles. The SMILES string of the molecule is CCN(CC#N)C(=O)/C=C\c1ccc2c(c1)OCO2. The van der Waals surface area contributed by atoms with Crippen molar-refractivity contribution in [3.05, 3.63) is 29.8 Å². The van der Waals surface area contributed by atoms with E-state index < -0.39 is 0 Å². The zero-order valence-corrected chi connectivity index (χ0v) is 10.6. The van der Waals surface area contributed by atoms with Crippen LogP contribution in [0.4, 0.5) is 0 Å². The van der Waals surface area contributed by atoms with Gasteiger partial charge in [0.25, 0.3) is 0 Å². The normalized spacial score (nSPS) is 12.4. The third kappa shape index (κ3) is 3.05. The zero-order valence-electron chi connectivity index (χ0n) is 10.6. The van der Waals surface area contributed by atoms with E-state index in [1.54, 1.807) is 12.1 Å². The standard InChI is InChI=1S/C14H14N2O3/c1-2-16(8-7-15)14(17)6-4-11-3-5-12-13(9-11)19-10-18-12/h3-6,9H,2,8,10H2,1H3/b6-4-. The number of nitriles is 1. The molecule has 0 unspecified atom stereocenters. The molecule has 0 aliphatic carbocycles. The van der Waals surface area contributed by atoms with Crippen LogP contribution in [0.25, 0.3) is 6.08 Å². The Morgan fingerprint density at radius 1 is 1.47 bits per heavy atom. The Morgan fingerprint density at radius 2 is 2.26 bits per heavy atom. The van der Waals surface area contributed by atoms with Crippen molar-refractivity contribution in [2.24, 2.45) is 0 Å². The van der Waals surface area contributed by atoms with Crippen molar-refractivity contribution in [1.82, 2.24) is 4.90 Å². The van der Waals surface area contributed by atoms with Crippen molar-refractivity contribution in [2.75, 3.05) is 19.9 Å². The molecule has 0 aromatic heterocycles. The largest absolute Gasteiger partial charge is 0.454 e. The molecule has 0 fully saturated rings. The van der Waals surface area contributed by atoms with Crippen molar-refractivity contribution in [3.8, 4) is 17.6 Å². The van der Waals surface area contributed by atoms with Crippen molar-refractivity contribution in [3.63, 3.8) is 0 Å². The molecule has 0 saturated carbocycles. The van der Waals surface area contributed by atoms with Gasteiger partial charge < -0.3 is 14.4 Å². The molecule has 1 aliphatic heterocycles. The number of nitrogens with zero attached hydrogens (tertiary/aromatic N) is 2. The zero-order chi connectivity index (χ0) is 13.7. The summed E-state index contributed by atoms with van der Waals surface area (Å²) < 4.78 is 10.5. The van der Waals surface area contributed by atoms with E-state index >= 15 is 0 Å². The molecule has 5 heteroatoms. The molecule has 19 heavy (non-hydrogen) atoms. The predicted octanol–water partition coefficient (Wildman–Crippen LogP) is 1.80. The van der Waals surface area contributed by atoms with Gasteiger partial charge in [-0.2, -0.15) is 5.26 Å². The third-order valence-corrected chi connectivity index (χ3v) is 2.77. The molecular formula is C14H14N2O3. The van der Waals surface area contributed by atoms with E-state index in [0.29, 0.717) is 18.0 Å². The number of amides is 1. The molecule has 1 amide bonds. The van der Waals surface area contributed by atoms with Gasteiger partial charge in [0.15, 0.2) is 11.5 Å². The number of likely N-dealkylation sites (N-methyl/N-ethyl adjacent to an activating group) is 1. The van der Waals surface area contributed by atoms with Gasteiger partial charge in [0.2, 0.25) is 12.7 Å². The Hall–Kier alpha value is -2.48. The lowest BCUT2D eigenvalue weighted by atomic mass is 10.2. The third-order valence-electron chi connectivity index (χ3n) is 2.77. The fourth-order valence-corrected chi connectivity index (χ4v) is 1.72. The van der Waals surface area contributed by atoms with Crippen molar-refractivity contribution in [1.29, 1.82) is 5.26 Å². The minimum atomic E-state index is -0.179. The lowest BCUT2D eigenvalue weighted by Crippen LogP contribution is -2.29. The summed E-state index contributed by atoms with van der Waals surface area (Å²) in [6.07, 6.45) is 3.16. The maximum atomic E-state index is 11.8. The number of hydrogen-bond donors (Lipinski definition) is 0. The quantitative estimate of drug-likeness (QED) is 0.610. The van der Waals surface area contributed by atoms with Gasteiger partial charge in [-0.25, -0.2) is 0 Å². The molecule has 5 nitrogen and oxygen atoms in total. The second-order valence-corrected chi connectivity index (χ2v) is 3.96. The highest BCUT2D eigenvalue weighted by Gasteiger charge is 2.12. The highest BCUT2D eigenvalue weighted by molar-refractivity contribution is 5.92. The second kappa shape index (κ2) is 5.91. The fraction of sp³-hybridized carbons (Fsp3) is 0.286. The molecular weight excluding hydrogens is 244 g/mol. The highest BCUT2D eigenvalue weighted by Crippen LogP contribution is 2.32. The van der Waals surface area contributed by atoms with Crippen molar-refractivity contribution in [2.45, 2.75) is 6.92 Å². The van der Waals surface area contributed by atoms with Crippen LogP contribution in [-0.2, 0) is 4.79 Å². The average Bonchev–Trinajstić information content (AvgIpc) is 2.89. The van der Waals surface area contributed by atoms with Crippen LogP contribution >= 0.6 is 0 Å². The van der Waals surface area contributed by atoms with Gasteiger partial charge >= 0.3 is 0 Å². The van der Waals surface area contributed by atoms with Gasteiger partial charge in [0.1, 0.15) is 6.54 Å². The summed E-state index contributed by atoms with van der Waals surface area (Å²) in [5.74, 6) is 1.21. The van der Waals surface area contributed by atoms with Crippen molar-refractivity contribution < 1.29 is 14.3 Å². The first-order valence-corrected chi connectivity index (χ1v) is 5.98. The fourth-order valence-electron chi connectivity index (χ4n) is 1.72. The van der Waals surface area contributed by atoms with E-state index in [4.69, 9.17) is 14.7 Å². The van der Waals surface area contributed by atoms with Crippen LogP contribution in [0.15, 0.2) is 24.3 Å². The Morgan fingerprint density at radius 3 is 3.00 bits per heavy atom. The number of carbonyl (C=O) groups excluding carboxylic acids is 1. The molecule has 1 aromatic rings. The molecule has 1 aromatic carbocycles. The Kier molecular flexibility index (Phi) is 4.04.